The lowest BCUT2D eigenvalue weighted by molar-refractivity contribution is -0.127. The van der Waals surface area contributed by atoms with Crippen LogP contribution < -0.4 is 15.4 Å². The fourth-order valence-corrected chi connectivity index (χ4v) is 1.86. The summed E-state index contributed by atoms with van der Waals surface area (Å²) in [5, 5.41) is 6.16. The quantitative estimate of drug-likeness (QED) is 0.721. The number of aryl methyl sites for hydroxylation is 1. The molecule has 0 saturated carbocycles. The molecule has 1 unspecified atom stereocenters. The molecule has 1 rings (SSSR count). The van der Waals surface area contributed by atoms with Crippen LogP contribution in [-0.4, -0.2) is 29.6 Å². The summed E-state index contributed by atoms with van der Waals surface area (Å²) in [4.78, 5) is 16.4. The summed E-state index contributed by atoms with van der Waals surface area (Å²) in [6, 6.07) is 3.88. The topological polar surface area (TPSA) is 63.3 Å². The van der Waals surface area contributed by atoms with Gasteiger partial charge >= 0.3 is 0 Å². The Morgan fingerprint density at radius 2 is 2.05 bits per heavy atom. The van der Waals surface area contributed by atoms with E-state index in [1.807, 2.05) is 32.9 Å². The molecular weight excluding hydrogens is 266 g/mol. The van der Waals surface area contributed by atoms with Crippen molar-refractivity contribution < 1.29 is 9.53 Å². The van der Waals surface area contributed by atoms with Crippen molar-refractivity contribution in [3.05, 3.63) is 23.5 Å². The van der Waals surface area contributed by atoms with Gasteiger partial charge in [-0.2, -0.15) is 0 Å². The molecule has 1 atom stereocenters. The van der Waals surface area contributed by atoms with Gasteiger partial charge in [0, 0.05) is 18.3 Å². The van der Waals surface area contributed by atoms with E-state index in [1.54, 1.807) is 6.92 Å². The average molecular weight is 293 g/mol. The molecule has 1 amide bonds. The molecule has 0 radical (unpaired) electrons. The monoisotopic (exact) mass is 293 g/mol. The van der Waals surface area contributed by atoms with Gasteiger partial charge in [0.15, 0.2) is 6.10 Å². The third-order valence-electron chi connectivity index (χ3n) is 2.89. The van der Waals surface area contributed by atoms with E-state index in [-0.39, 0.29) is 11.9 Å². The van der Waals surface area contributed by atoms with Crippen LogP contribution in [-0.2, 0) is 11.3 Å². The van der Waals surface area contributed by atoms with E-state index in [2.05, 4.69) is 22.5 Å². The SMILES string of the molecule is CCCNCc1nc(C)ccc1OC(C)C(=O)NC(C)C. The third-order valence-corrected chi connectivity index (χ3v) is 2.89. The van der Waals surface area contributed by atoms with Crippen LogP contribution in [0.5, 0.6) is 5.75 Å². The zero-order valence-electron chi connectivity index (χ0n) is 13.7. The Bertz CT molecular complexity index is 461. The largest absolute Gasteiger partial charge is 0.479 e. The standard InChI is InChI=1S/C16H27N3O2/c1-6-9-17-10-14-15(8-7-12(4)19-14)21-13(5)16(20)18-11(2)3/h7-8,11,13,17H,6,9-10H2,1-5H3,(H,18,20). The number of pyridine rings is 1. The van der Waals surface area contributed by atoms with Crippen molar-refractivity contribution in [3.8, 4) is 5.75 Å². The number of nitrogens with one attached hydrogen (secondary N) is 2. The van der Waals surface area contributed by atoms with Crippen LogP contribution in [0.25, 0.3) is 0 Å². The van der Waals surface area contributed by atoms with Gasteiger partial charge < -0.3 is 15.4 Å². The Morgan fingerprint density at radius 1 is 1.33 bits per heavy atom. The maximum Gasteiger partial charge on any atom is 0.260 e. The predicted octanol–water partition coefficient (Wildman–Crippen LogP) is 2.18. The summed E-state index contributed by atoms with van der Waals surface area (Å²) in [5.74, 6) is 0.550. The Hall–Kier alpha value is -1.62. The van der Waals surface area contributed by atoms with Crippen LogP contribution in [0, 0.1) is 6.92 Å². The van der Waals surface area contributed by atoms with Crippen LogP contribution in [0.3, 0.4) is 0 Å². The predicted molar refractivity (Wildman–Crippen MR) is 84.3 cm³/mol. The van der Waals surface area contributed by atoms with Crippen LogP contribution in [0.2, 0.25) is 0 Å². The van der Waals surface area contributed by atoms with Gasteiger partial charge in [-0.25, -0.2) is 0 Å². The minimum absolute atomic E-state index is 0.102. The van der Waals surface area contributed by atoms with Gasteiger partial charge in [-0.15, -0.1) is 0 Å². The maximum absolute atomic E-state index is 11.9. The van der Waals surface area contributed by atoms with E-state index in [9.17, 15) is 4.79 Å². The van der Waals surface area contributed by atoms with Gasteiger partial charge in [0.2, 0.25) is 0 Å². The number of nitrogens with zero attached hydrogens (tertiary/aromatic N) is 1. The number of hydrogen-bond acceptors (Lipinski definition) is 4. The van der Waals surface area contributed by atoms with Crippen molar-refractivity contribution in [2.75, 3.05) is 6.54 Å². The normalized spacial score (nSPS) is 12.3. The molecular formula is C16H27N3O2. The molecule has 0 fully saturated rings. The van der Waals surface area contributed by atoms with Crippen molar-refractivity contribution in [2.45, 2.75) is 59.7 Å². The summed E-state index contributed by atoms with van der Waals surface area (Å²) in [6.45, 7) is 11.2. The van der Waals surface area contributed by atoms with Crippen molar-refractivity contribution in [1.82, 2.24) is 15.6 Å². The molecule has 0 aliphatic heterocycles. The molecule has 1 aromatic rings. The van der Waals surface area contributed by atoms with E-state index in [1.165, 1.54) is 0 Å². The number of ether oxygens (including phenoxy) is 1. The average Bonchev–Trinajstić information content (AvgIpc) is 2.41. The van der Waals surface area contributed by atoms with Crippen molar-refractivity contribution >= 4 is 5.91 Å². The van der Waals surface area contributed by atoms with Gasteiger partial charge in [-0.05, 0) is 52.8 Å². The molecule has 0 saturated heterocycles. The van der Waals surface area contributed by atoms with Gasteiger partial charge in [0.1, 0.15) is 5.75 Å². The van der Waals surface area contributed by atoms with Crippen LogP contribution in [0.1, 0.15) is 45.5 Å². The molecule has 1 aromatic heterocycles. The first-order chi connectivity index (χ1) is 9.93. The lowest BCUT2D eigenvalue weighted by atomic mass is 10.2. The van der Waals surface area contributed by atoms with Gasteiger partial charge in [0.25, 0.3) is 5.91 Å². The molecule has 21 heavy (non-hydrogen) atoms. The van der Waals surface area contributed by atoms with E-state index in [0.717, 1.165) is 24.4 Å². The van der Waals surface area contributed by atoms with E-state index >= 15 is 0 Å². The molecule has 2 N–H and O–H groups in total. The summed E-state index contributed by atoms with van der Waals surface area (Å²) in [7, 11) is 0. The van der Waals surface area contributed by atoms with Crippen molar-refractivity contribution in [2.24, 2.45) is 0 Å². The smallest absolute Gasteiger partial charge is 0.260 e. The Balaban J connectivity index is 2.74. The first-order valence-corrected chi connectivity index (χ1v) is 7.58. The van der Waals surface area contributed by atoms with Crippen LogP contribution >= 0.6 is 0 Å². The van der Waals surface area contributed by atoms with Gasteiger partial charge in [0.05, 0.1) is 5.69 Å². The summed E-state index contributed by atoms with van der Waals surface area (Å²) in [6.07, 6.45) is 0.525. The highest BCUT2D eigenvalue weighted by Crippen LogP contribution is 2.18. The number of carbonyl (C=O) groups excluding carboxylic acids is 1. The number of rotatable bonds is 8. The second-order valence-electron chi connectivity index (χ2n) is 5.50. The number of aromatic nitrogens is 1. The zero-order chi connectivity index (χ0) is 15.8. The molecule has 0 aliphatic rings. The fraction of sp³-hybridized carbons (Fsp3) is 0.625. The van der Waals surface area contributed by atoms with Crippen LogP contribution in [0.4, 0.5) is 0 Å². The third kappa shape index (κ3) is 6.12. The summed E-state index contributed by atoms with van der Waals surface area (Å²) >= 11 is 0. The molecule has 0 aromatic carbocycles. The molecule has 0 bridgehead atoms. The molecule has 5 nitrogen and oxygen atoms in total. The molecule has 0 spiro atoms. The van der Waals surface area contributed by atoms with Gasteiger partial charge in [-0.1, -0.05) is 6.92 Å². The number of carbonyl (C=O) groups is 1. The zero-order valence-corrected chi connectivity index (χ0v) is 13.7. The highest BCUT2D eigenvalue weighted by Gasteiger charge is 2.17. The lowest BCUT2D eigenvalue weighted by Gasteiger charge is -2.18. The van der Waals surface area contributed by atoms with E-state index < -0.39 is 6.10 Å². The lowest BCUT2D eigenvalue weighted by Crippen LogP contribution is -2.40. The molecule has 118 valence electrons. The first kappa shape index (κ1) is 17.4. The summed E-state index contributed by atoms with van der Waals surface area (Å²) < 4.78 is 5.78. The van der Waals surface area contributed by atoms with E-state index in [4.69, 9.17) is 4.74 Å². The van der Waals surface area contributed by atoms with Gasteiger partial charge in [-0.3, -0.25) is 9.78 Å². The Kier molecular flexibility index (Phi) is 7.15. The second-order valence-corrected chi connectivity index (χ2v) is 5.50. The Labute approximate surface area is 127 Å². The van der Waals surface area contributed by atoms with Crippen molar-refractivity contribution in [3.63, 3.8) is 0 Å². The molecule has 5 heteroatoms. The van der Waals surface area contributed by atoms with Crippen LogP contribution in [0.15, 0.2) is 12.1 Å². The Morgan fingerprint density at radius 3 is 2.67 bits per heavy atom. The maximum atomic E-state index is 11.9. The number of hydrogen-bond donors (Lipinski definition) is 2. The fourth-order valence-electron chi connectivity index (χ4n) is 1.86. The molecule has 1 heterocycles. The summed E-state index contributed by atoms with van der Waals surface area (Å²) in [5.41, 5.74) is 1.78. The first-order valence-electron chi connectivity index (χ1n) is 7.58. The van der Waals surface area contributed by atoms with Crippen molar-refractivity contribution in [1.29, 1.82) is 0 Å². The second kappa shape index (κ2) is 8.62. The molecule has 0 aliphatic carbocycles. The highest BCUT2D eigenvalue weighted by molar-refractivity contribution is 5.80. The number of amides is 1. The minimum Gasteiger partial charge on any atom is -0.479 e. The minimum atomic E-state index is -0.540. The van der Waals surface area contributed by atoms with E-state index in [0.29, 0.717) is 12.3 Å². The highest BCUT2D eigenvalue weighted by atomic mass is 16.5.